The molecule has 0 aliphatic rings. The molecule has 2 heterocycles. The molecule has 0 saturated carbocycles. The average molecular weight is 201 g/mol. The molecule has 0 radical (unpaired) electrons. The van der Waals surface area contributed by atoms with E-state index in [1.807, 2.05) is 0 Å². The zero-order chi connectivity index (χ0) is 8.72. The van der Waals surface area contributed by atoms with Gasteiger partial charge in [-0.2, -0.15) is 4.98 Å². The zero-order valence-corrected chi connectivity index (χ0v) is 7.82. The van der Waals surface area contributed by atoms with Crippen molar-refractivity contribution in [3.63, 3.8) is 0 Å². The van der Waals surface area contributed by atoms with Crippen LogP contribution in [0.3, 0.4) is 0 Å². The van der Waals surface area contributed by atoms with Crippen LogP contribution in [0.2, 0.25) is 5.02 Å². The molecule has 0 aromatic carbocycles. The maximum absolute atomic E-state index is 11.1. The van der Waals surface area contributed by atoms with E-state index in [9.17, 15) is 4.79 Å². The fraction of sp³-hybridized carbons (Fsp3) is 0.143. The van der Waals surface area contributed by atoms with Gasteiger partial charge in [-0.25, -0.2) is 0 Å². The van der Waals surface area contributed by atoms with Gasteiger partial charge in [0.1, 0.15) is 6.33 Å². The zero-order valence-electron chi connectivity index (χ0n) is 6.24. The van der Waals surface area contributed by atoms with Gasteiger partial charge in [-0.05, 0) is 6.92 Å². The average Bonchev–Trinajstić information content (AvgIpc) is 2.41. The summed E-state index contributed by atoms with van der Waals surface area (Å²) in [6.07, 6.45) is 1.49. The van der Waals surface area contributed by atoms with Gasteiger partial charge in [-0.15, -0.1) is 0 Å². The second-order valence-electron chi connectivity index (χ2n) is 2.42. The van der Waals surface area contributed by atoms with Crippen molar-refractivity contribution in [1.82, 2.24) is 8.77 Å². The van der Waals surface area contributed by atoms with Gasteiger partial charge in [0.2, 0.25) is 0 Å². The van der Waals surface area contributed by atoms with E-state index < -0.39 is 0 Å². The molecule has 5 heteroatoms. The van der Waals surface area contributed by atoms with Gasteiger partial charge < -0.3 is 0 Å². The van der Waals surface area contributed by atoms with Crippen molar-refractivity contribution >= 4 is 28.7 Å². The Morgan fingerprint density at radius 1 is 1.67 bits per heavy atom. The van der Waals surface area contributed by atoms with Crippen molar-refractivity contribution in [3.05, 3.63) is 32.6 Å². The quantitative estimate of drug-likeness (QED) is 0.649. The molecule has 3 nitrogen and oxygen atoms in total. The van der Waals surface area contributed by atoms with Crippen LogP contribution in [0.25, 0.3) is 5.52 Å². The Balaban J connectivity index is 3.06. The molecule has 0 fully saturated rings. The summed E-state index contributed by atoms with van der Waals surface area (Å²) in [4.78, 5) is 14.8. The highest BCUT2D eigenvalue weighted by molar-refractivity contribution is 7.05. The highest BCUT2D eigenvalue weighted by atomic mass is 35.5. The molecule has 2 aromatic heterocycles. The summed E-state index contributed by atoms with van der Waals surface area (Å²) in [5.74, 6) is 0. The van der Waals surface area contributed by atoms with Gasteiger partial charge in [0.25, 0.3) is 5.56 Å². The number of halogens is 1. The first-order chi connectivity index (χ1) is 5.70. The lowest BCUT2D eigenvalue weighted by molar-refractivity contribution is 1.09. The van der Waals surface area contributed by atoms with Crippen LogP contribution in [-0.2, 0) is 0 Å². The van der Waals surface area contributed by atoms with E-state index in [2.05, 4.69) is 4.98 Å². The Bertz CT molecular complexity index is 488. The van der Waals surface area contributed by atoms with Crippen LogP contribution in [0.5, 0.6) is 0 Å². The molecule has 2 rings (SSSR count). The van der Waals surface area contributed by atoms with Crippen LogP contribution >= 0.6 is 23.1 Å². The molecule has 0 N–H and O–H groups in total. The lowest BCUT2D eigenvalue weighted by Crippen LogP contribution is -2.10. The maximum atomic E-state index is 11.1. The predicted octanol–water partition coefficient (Wildman–Crippen LogP) is 1.72. The molecule has 62 valence electrons. The minimum atomic E-state index is -0.213. The number of aromatic nitrogens is 2. The van der Waals surface area contributed by atoms with Crippen LogP contribution in [0.15, 0.2) is 16.5 Å². The number of rotatable bonds is 0. The molecule has 0 aliphatic carbocycles. The molecule has 0 saturated heterocycles. The maximum Gasteiger partial charge on any atom is 0.276 e. The SMILES string of the molecule is Cc1c(=O)ncn2scc(Cl)c12. The summed E-state index contributed by atoms with van der Waals surface area (Å²) in [5, 5.41) is 2.39. The second-order valence-corrected chi connectivity index (χ2v) is 3.67. The Kier molecular flexibility index (Phi) is 1.66. The van der Waals surface area contributed by atoms with Crippen LogP contribution in [0.1, 0.15) is 5.56 Å². The number of hydrogen-bond donors (Lipinski definition) is 0. The van der Waals surface area contributed by atoms with E-state index in [0.29, 0.717) is 10.6 Å². The molecule has 0 unspecified atom stereocenters. The molecule has 2 aromatic rings. The third-order valence-electron chi connectivity index (χ3n) is 1.67. The molecule has 0 atom stereocenters. The molecule has 0 bridgehead atoms. The molecular weight excluding hydrogens is 196 g/mol. The van der Waals surface area contributed by atoms with Crippen molar-refractivity contribution < 1.29 is 0 Å². The fourth-order valence-corrected chi connectivity index (χ4v) is 2.21. The third kappa shape index (κ3) is 0.956. The molecular formula is C7H5ClN2OS. The lowest BCUT2D eigenvalue weighted by Gasteiger charge is -1.94. The van der Waals surface area contributed by atoms with Gasteiger partial charge in [0, 0.05) is 10.9 Å². The summed E-state index contributed by atoms with van der Waals surface area (Å²) in [5.41, 5.74) is 1.15. The minimum Gasteiger partial charge on any atom is -0.267 e. The van der Waals surface area contributed by atoms with Crippen molar-refractivity contribution in [2.75, 3.05) is 0 Å². The van der Waals surface area contributed by atoms with Crippen LogP contribution in [0.4, 0.5) is 0 Å². The number of aryl methyl sites for hydroxylation is 1. The van der Waals surface area contributed by atoms with E-state index in [0.717, 1.165) is 5.52 Å². The van der Waals surface area contributed by atoms with E-state index >= 15 is 0 Å². The van der Waals surface area contributed by atoms with Crippen LogP contribution < -0.4 is 5.56 Å². The van der Waals surface area contributed by atoms with E-state index in [-0.39, 0.29) is 5.56 Å². The monoisotopic (exact) mass is 200 g/mol. The normalized spacial score (nSPS) is 10.8. The summed E-state index contributed by atoms with van der Waals surface area (Å²) in [6, 6.07) is 0. The Hall–Kier alpha value is -0.870. The van der Waals surface area contributed by atoms with E-state index in [4.69, 9.17) is 11.6 Å². The number of hydrogen-bond acceptors (Lipinski definition) is 3. The lowest BCUT2D eigenvalue weighted by atomic mass is 10.3. The van der Waals surface area contributed by atoms with Gasteiger partial charge in [0.05, 0.1) is 10.5 Å². The topological polar surface area (TPSA) is 34.4 Å². The third-order valence-corrected chi connectivity index (χ3v) is 2.93. The first-order valence-corrected chi connectivity index (χ1v) is 4.53. The molecule has 0 aliphatic heterocycles. The summed E-state index contributed by atoms with van der Waals surface area (Å²) in [6.45, 7) is 1.73. The second kappa shape index (κ2) is 2.57. The van der Waals surface area contributed by atoms with Crippen LogP contribution in [0, 0.1) is 6.92 Å². The highest BCUT2D eigenvalue weighted by Crippen LogP contribution is 2.22. The Morgan fingerprint density at radius 2 is 2.42 bits per heavy atom. The van der Waals surface area contributed by atoms with Crippen molar-refractivity contribution in [2.24, 2.45) is 0 Å². The highest BCUT2D eigenvalue weighted by Gasteiger charge is 2.06. The van der Waals surface area contributed by atoms with Crippen molar-refractivity contribution in [1.29, 1.82) is 0 Å². The molecule has 0 amide bonds. The molecule has 0 spiro atoms. The summed E-state index contributed by atoms with van der Waals surface area (Å²) >= 11 is 7.29. The fourth-order valence-electron chi connectivity index (χ4n) is 1.05. The Labute approximate surface area is 77.4 Å². The van der Waals surface area contributed by atoms with Gasteiger partial charge in [0.15, 0.2) is 0 Å². The smallest absolute Gasteiger partial charge is 0.267 e. The van der Waals surface area contributed by atoms with E-state index in [1.165, 1.54) is 17.9 Å². The van der Waals surface area contributed by atoms with Gasteiger partial charge >= 0.3 is 0 Å². The summed E-state index contributed by atoms with van der Waals surface area (Å²) < 4.78 is 1.78. The van der Waals surface area contributed by atoms with Gasteiger partial charge in [-0.1, -0.05) is 23.1 Å². The predicted molar refractivity (Wildman–Crippen MR) is 49.1 cm³/mol. The minimum absolute atomic E-state index is 0.213. The van der Waals surface area contributed by atoms with E-state index in [1.54, 1.807) is 16.1 Å². The first-order valence-electron chi connectivity index (χ1n) is 3.31. The number of fused-ring (bicyclic) bond motifs is 1. The van der Waals surface area contributed by atoms with Gasteiger partial charge in [-0.3, -0.25) is 8.58 Å². The summed E-state index contributed by atoms with van der Waals surface area (Å²) in [7, 11) is 0. The van der Waals surface area contributed by atoms with Crippen molar-refractivity contribution in [3.8, 4) is 0 Å². The first kappa shape index (κ1) is 7.76. The largest absolute Gasteiger partial charge is 0.276 e. The molecule has 12 heavy (non-hydrogen) atoms. The number of nitrogens with zero attached hydrogens (tertiary/aromatic N) is 2. The standard InChI is InChI=1S/C7H5ClN2OS/c1-4-6-5(8)2-12-10(6)3-9-7(4)11/h2-3H,1H3. The van der Waals surface area contributed by atoms with Crippen LogP contribution in [-0.4, -0.2) is 8.77 Å². The Morgan fingerprint density at radius 3 is 3.17 bits per heavy atom. The van der Waals surface area contributed by atoms with Crippen molar-refractivity contribution in [2.45, 2.75) is 6.92 Å².